The van der Waals surface area contributed by atoms with Crippen LogP contribution in [0.5, 0.6) is 0 Å². The Morgan fingerprint density at radius 3 is 1.27 bits per heavy atom. The summed E-state index contributed by atoms with van der Waals surface area (Å²) in [5, 5.41) is 114. The molecule has 0 radical (unpaired) electrons. The molecule has 11 N–H and O–H groups in total. The maximum Gasteiger partial charge on any atom is 0.185 e. The third-order valence-electron chi connectivity index (χ3n) is 21.0. The van der Waals surface area contributed by atoms with Crippen LogP contribution in [0.2, 0.25) is 0 Å². The van der Waals surface area contributed by atoms with E-state index in [2.05, 4.69) is 159 Å². The van der Waals surface area contributed by atoms with Crippen molar-refractivity contribution in [3.05, 3.63) is 203 Å². The first-order chi connectivity index (χ1) is 54.5. The zero-order valence-electron chi connectivity index (χ0n) is 61.5. The van der Waals surface area contributed by atoms with Gasteiger partial charge in [-0.25, -0.2) is 24.9 Å². The number of aliphatic hydroxyl groups is 4. The molecule has 112 heavy (non-hydrogen) atoms. The van der Waals surface area contributed by atoms with Gasteiger partial charge < -0.3 is 82.7 Å². The van der Waals surface area contributed by atoms with Gasteiger partial charge in [-0.15, -0.1) is 0 Å². The highest BCUT2D eigenvalue weighted by atomic mass is 79.9. The van der Waals surface area contributed by atoms with Crippen LogP contribution in [0.25, 0.3) is 33.6 Å². The van der Waals surface area contributed by atoms with E-state index >= 15 is 0 Å². The number of anilines is 8. The molecule has 3 saturated carbocycles. The third kappa shape index (κ3) is 18.9. The Labute approximate surface area is 678 Å². The number of hydrogen-bond acceptors (Lipinski definition) is 24. The molecule has 1 aromatic carbocycles. The first kappa shape index (κ1) is 78.8. The first-order valence-electron chi connectivity index (χ1n) is 37.6. The van der Waals surface area contributed by atoms with Gasteiger partial charge in [0.05, 0.1) is 60.0 Å². The van der Waals surface area contributed by atoms with Gasteiger partial charge in [-0.2, -0.15) is 52.6 Å². The summed E-state index contributed by atoms with van der Waals surface area (Å²) in [5.74, 6) is 7.12. The normalized spacial score (nSPS) is 18.8. The number of aliphatic hydroxyl groups excluding tert-OH is 4. The van der Waals surface area contributed by atoms with Crippen LogP contribution >= 0.6 is 63.7 Å². The topological polar surface area (TPSA) is 388 Å². The van der Waals surface area contributed by atoms with Crippen LogP contribution < -0.4 is 56.3 Å². The molecular weight excluding hydrogens is 1690 g/mol. The summed E-state index contributed by atoms with van der Waals surface area (Å²) in [6, 6.07) is 25.9. The van der Waals surface area contributed by atoms with Crippen molar-refractivity contribution in [2.45, 2.75) is 134 Å². The first-order valence-corrected chi connectivity index (χ1v) is 40.8. The number of hydrogen-bond donors (Lipinski definition) is 11. The fourth-order valence-corrected chi connectivity index (χ4v) is 16.5. The number of pyridine rings is 3. The minimum atomic E-state index is 0.175. The van der Waals surface area contributed by atoms with Crippen molar-refractivity contribution < 1.29 is 34.6 Å². The second-order valence-corrected chi connectivity index (χ2v) is 31.9. The number of rotatable bonds is 24. The van der Waals surface area contributed by atoms with Crippen molar-refractivity contribution in [1.82, 2.24) is 67.9 Å². The molecule has 0 spiro atoms. The van der Waals surface area contributed by atoms with E-state index in [-0.39, 0.29) is 62.3 Å². The van der Waals surface area contributed by atoms with Crippen molar-refractivity contribution in [2.24, 2.45) is 24.8 Å². The predicted molar refractivity (Wildman–Crippen MR) is 441 cm³/mol. The van der Waals surface area contributed by atoms with E-state index in [1.807, 2.05) is 60.4 Å². The van der Waals surface area contributed by atoms with Gasteiger partial charge in [-0.1, -0.05) is 31.7 Å². The van der Waals surface area contributed by atoms with Crippen LogP contribution in [0.15, 0.2) is 165 Å². The fourth-order valence-electron chi connectivity index (χ4n) is 15.1. The van der Waals surface area contributed by atoms with Crippen LogP contribution in [-0.2, 0) is 33.2 Å². The molecule has 36 heteroatoms. The summed E-state index contributed by atoms with van der Waals surface area (Å²) in [6.07, 6.45) is 31.4. The third-order valence-corrected chi connectivity index (χ3v) is 23.2. The maximum atomic E-state index is 11.5. The quantitative estimate of drug-likeness (QED) is 0.0198. The Kier molecular flexibility index (Phi) is 25.9. The minimum Gasteiger partial charge on any atom is -0.619 e. The largest absolute Gasteiger partial charge is 0.619 e. The maximum absolute atomic E-state index is 11.5. The summed E-state index contributed by atoms with van der Waals surface area (Å²) in [7, 11) is 2.00. The zero-order valence-corrected chi connectivity index (χ0v) is 67.9. The lowest BCUT2D eigenvalue weighted by molar-refractivity contribution is -0.606. The Balaban J connectivity index is 0.000000124. The van der Waals surface area contributed by atoms with Gasteiger partial charge in [0.2, 0.25) is 0 Å². The summed E-state index contributed by atoms with van der Waals surface area (Å²) in [4.78, 5) is 25.6. The number of benzene rings is 1. The molecule has 1 aliphatic heterocycles. The molecule has 4 fully saturated rings. The Hall–Kier alpha value is -9.82. The van der Waals surface area contributed by atoms with Gasteiger partial charge in [-0.3, -0.25) is 0 Å². The number of aryl methyl sites for hydroxylation is 1. The molecule has 32 nitrogen and oxygen atoms in total. The smallest absolute Gasteiger partial charge is 0.185 e. The molecule has 0 bridgehead atoms. The molecule has 4 aliphatic rings. The molecule has 1 saturated heterocycles. The van der Waals surface area contributed by atoms with Gasteiger partial charge >= 0.3 is 0 Å². The van der Waals surface area contributed by atoms with E-state index in [1.54, 1.807) is 67.2 Å². The second-order valence-electron chi connectivity index (χ2n) is 28.5. The fraction of sp³-hybridized carbons (Fsp3) is 0.395. The van der Waals surface area contributed by atoms with Gasteiger partial charge in [-0.05, 0) is 157 Å². The average molecular weight is 1780 g/mol. The Bertz CT molecular complexity index is 5200. The number of aromatic nitrogens is 17. The van der Waals surface area contributed by atoms with E-state index in [9.17, 15) is 36.0 Å². The summed E-state index contributed by atoms with van der Waals surface area (Å²) in [6.45, 7) is 3.79. The van der Waals surface area contributed by atoms with Crippen LogP contribution in [0.4, 0.5) is 46.5 Å². The highest BCUT2D eigenvalue weighted by molar-refractivity contribution is 9.11. The molecular formula is C76H89Br4N25O7. The van der Waals surface area contributed by atoms with E-state index < -0.39 is 0 Å². The lowest BCUT2D eigenvalue weighted by atomic mass is 9.85. The lowest BCUT2D eigenvalue weighted by Crippen LogP contribution is -2.34. The van der Waals surface area contributed by atoms with Crippen molar-refractivity contribution in [3.63, 3.8) is 0 Å². The average Bonchev–Trinajstić information content (AvgIpc) is 1.02. The molecule has 12 aromatic heterocycles. The minimum absolute atomic E-state index is 0.175. The van der Waals surface area contributed by atoms with E-state index in [4.69, 9.17) is 9.97 Å². The lowest BCUT2D eigenvalue weighted by Gasteiger charge is -2.31. The van der Waals surface area contributed by atoms with Gasteiger partial charge in [0.15, 0.2) is 59.8 Å². The van der Waals surface area contributed by atoms with Gasteiger partial charge in [0.25, 0.3) is 0 Å². The highest BCUT2D eigenvalue weighted by Gasteiger charge is 2.31. The SMILES string of the molecule is Cn1cnc2cc(CNc3cc(N[C@H]4CCCC[C@H]4CO)nc4c(Br)cnn34)ccc21.[O-][n+]1cccc(CNc2cc(N3CCC[C@H]3CCO)nc3c(Br)cnn23)c1.[O-][n+]1cccc(CNc2cc(N[C@@H]3CCC[C@@H]3CO)nc3c(Br)cnn23)c1.[O-][n+]1cccc(CNc2cc(N[C@H]3CCC[C@H]3CO)nc3c(Br)cnn23)c1. The van der Waals surface area contributed by atoms with Crippen LogP contribution in [0, 0.1) is 33.4 Å². The molecule has 588 valence electrons. The number of nitrogens with zero attached hydrogens (tertiary/aromatic N) is 18. The van der Waals surface area contributed by atoms with Crippen molar-refractivity contribution >= 4 is 144 Å². The number of fused-ring (bicyclic) bond motifs is 5. The molecule has 17 rings (SSSR count). The van der Waals surface area contributed by atoms with Crippen LogP contribution in [0.1, 0.15) is 106 Å². The zero-order chi connectivity index (χ0) is 77.8. The van der Waals surface area contributed by atoms with Crippen molar-refractivity contribution in [1.29, 1.82) is 0 Å². The molecule has 3 aliphatic carbocycles. The highest BCUT2D eigenvalue weighted by Crippen LogP contribution is 2.35. The molecule has 0 amide bonds. The standard InChI is InChI=1S/C22H26BrN7O.3C18H21BrN6O2/c1-29-13-25-18-8-14(6-7-19(18)29)10-24-21-9-20(28-22-16(23)11-26-30(21)22)27-17-5-3-2-4-15(17)12-31;2*19-14-9-21-25-17(20-8-12-3-2-6-24(27)10-12)7-16(23-18(14)25)22-15-5-1-4-13(15)11-26;19-15-11-21-25-16(20-10-13-3-1-6-23(27)12-13)9-17(22-18(15)25)24-7-2-4-14(24)5-8-26/h6-9,11,13,15,17,24,31H,2-5,10,12H2,1H3,(H,27,28);2*2-3,6-7,9-10,13,15,20,26H,1,4-5,8,11H2,(H,22,23);1,3,6,9,11-12,14,20,26H,2,4-5,7-8,10H2/t15-,17-;2*13-,15-;14-/m0100/s1. The van der Waals surface area contributed by atoms with Crippen LogP contribution in [0.3, 0.4) is 0 Å². The molecule has 13 heterocycles. The van der Waals surface area contributed by atoms with Gasteiger partial charge in [0.1, 0.15) is 46.5 Å². The molecule has 0 unspecified atom stereocenters. The van der Waals surface area contributed by atoms with Crippen molar-refractivity contribution in [2.75, 3.05) is 75.1 Å². The molecule has 7 atom stereocenters. The van der Waals surface area contributed by atoms with E-state index in [1.165, 1.54) is 43.8 Å². The van der Waals surface area contributed by atoms with Crippen LogP contribution in [-0.4, -0.2) is 146 Å². The van der Waals surface area contributed by atoms with E-state index in [0.717, 1.165) is 200 Å². The summed E-state index contributed by atoms with van der Waals surface area (Å²) < 4.78 is 14.6. The Morgan fingerprint density at radius 2 is 0.848 bits per heavy atom. The second kappa shape index (κ2) is 36.8. The monoisotopic (exact) mass is 1780 g/mol. The predicted octanol–water partition coefficient (Wildman–Crippen LogP) is 10.7. The number of nitrogens with one attached hydrogen (secondary N) is 7. The van der Waals surface area contributed by atoms with E-state index in [0.29, 0.717) is 43.5 Å². The summed E-state index contributed by atoms with van der Waals surface area (Å²) >= 11 is 14.1. The number of imidazole rings is 1. The van der Waals surface area contributed by atoms with Gasteiger partial charge in [0, 0.05) is 167 Å². The summed E-state index contributed by atoms with van der Waals surface area (Å²) in [5.41, 5.74) is 8.75. The molecule has 13 aromatic rings. The Morgan fingerprint density at radius 1 is 0.455 bits per heavy atom. The number of halogens is 4. The van der Waals surface area contributed by atoms with Crippen molar-refractivity contribution in [3.8, 4) is 0 Å².